The lowest BCUT2D eigenvalue weighted by molar-refractivity contribution is -0.144. The fourth-order valence-electron chi connectivity index (χ4n) is 1.71. The predicted molar refractivity (Wildman–Crippen MR) is 84.7 cm³/mol. The summed E-state index contributed by atoms with van der Waals surface area (Å²) in [4.78, 5) is 46.3. The van der Waals surface area contributed by atoms with Crippen molar-refractivity contribution in [2.45, 2.75) is 51.9 Å². The first-order valence-corrected chi connectivity index (χ1v) is 7.51. The van der Waals surface area contributed by atoms with E-state index in [-0.39, 0.29) is 5.92 Å². The van der Waals surface area contributed by atoms with Crippen LogP contribution in [0.1, 0.15) is 27.7 Å². The van der Waals surface area contributed by atoms with Gasteiger partial charge in [-0.3, -0.25) is 14.4 Å². The van der Waals surface area contributed by atoms with Gasteiger partial charge < -0.3 is 31.9 Å². The highest BCUT2D eigenvalue weighted by atomic mass is 16.4. The molecule has 3 amide bonds. The van der Waals surface area contributed by atoms with Crippen LogP contribution in [0.4, 0.5) is 0 Å². The summed E-state index contributed by atoms with van der Waals surface area (Å²) in [5.74, 6) is -3.71. The zero-order valence-corrected chi connectivity index (χ0v) is 14.2. The standard InChI is InChI=1S/C14H26N4O6/c1-6(2)10(14(23)24)18-13(22)11(8(4)19)17-9(20)5-16-12(21)7(3)15/h6-8,10-11,19H,5,15H2,1-4H3,(H,16,21)(H,17,20)(H,18,22)(H,23,24). The Hall–Kier alpha value is -2.20. The summed E-state index contributed by atoms with van der Waals surface area (Å²) in [5.41, 5.74) is 5.33. The first-order chi connectivity index (χ1) is 11.0. The van der Waals surface area contributed by atoms with Gasteiger partial charge in [0, 0.05) is 0 Å². The number of carbonyl (C=O) groups is 4. The van der Waals surface area contributed by atoms with Crippen LogP contribution >= 0.6 is 0 Å². The number of carboxylic acids is 1. The quantitative estimate of drug-likeness (QED) is 0.269. The zero-order valence-electron chi connectivity index (χ0n) is 14.2. The van der Waals surface area contributed by atoms with E-state index in [0.29, 0.717) is 0 Å². The second-order valence-electron chi connectivity index (χ2n) is 5.86. The molecule has 10 heteroatoms. The molecule has 0 aromatic carbocycles. The largest absolute Gasteiger partial charge is 0.480 e. The minimum atomic E-state index is -1.36. The van der Waals surface area contributed by atoms with Gasteiger partial charge in [-0.2, -0.15) is 0 Å². The number of nitrogens with one attached hydrogen (secondary N) is 3. The van der Waals surface area contributed by atoms with Gasteiger partial charge in [0.25, 0.3) is 0 Å². The summed E-state index contributed by atoms with van der Waals surface area (Å²) in [5, 5.41) is 25.5. The van der Waals surface area contributed by atoms with Crippen molar-refractivity contribution in [3.8, 4) is 0 Å². The first-order valence-electron chi connectivity index (χ1n) is 7.51. The van der Waals surface area contributed by atoms with Crippen LogP contribution in [0.3, 0.4) is 0 Å². The Morgan fingerprint density at radius 2 is 1.50 bits per heavy atom. The van der Waals surface area contributed by atoms with Crippen LogP contribution in [0.2, 0.25) is 0 Å². The van der Waals surface area contributed by atoms with E-state index in [1.165, 1.54) is 13.8 Å². The van der Waals surface area contributed by atoms with Gasteiger partial charge in [-0.25, -0.2) is 4.79 Å². The Kier molecular flexibility index (Phi) is 8.93. The monoisotopic (exact) mass is 346 g/mol. The third-order valence-corrected chi connectivity index (χ3v) is 3.15. The van der Waals surface area contributed by atoms with Crippen molar-refractivity contribution < 1.29 is 29.4 Å². The van der Waals surface area contributed by atoms with E-state index in [1.807, 2.05) is 0 Å². The maximum absolute atomic E-state index is 12.1. The molecule has 0 aromatic rings. The first kappa shape index (κ1) is 21.8. The third-order valence-electron chi connectivity index (χ3n) is 3.15. The summed E-state index contributed by atoms with van der Waals surface area (Å²) in [6.45, 7) is 5.51. The smallest absolute Gasteiger partial charge is 0.326 e. The molecule has 0 radical (unpaired) electrons. The molecular formula is C14H26N4O6. The van der Waals surface area contributed by atoms with Gasteiger partial charge in [-0.1, -0.05) is 13.8 Å². The third kappa shape index (κ3) is 7.38. The van der Waals surface area contributed by atoms with Gasteiger partial charge in [-0.05, 0) is 19.8 Å². The Labute approximate surface area is 140 Å². The van der Waals surface area contributed by atoms with Crippen molar-refractivity contribution >= 4 is 23.7 Å². The van der Waals surface area contributed by atoms with Crippen LogP contribution in [0.15, 0.2) is 0 Å². The number of carbonyl (C=O) groups excluding carboxylic acids is 3. The lowest BCUT2D eigenvalue weighted by Gasteiger charge is -2.24. The molecule has 4 atom stereocenters. The Balaban J connectivity index is 4.79. The zero-order chi connectivity index (χ0) is 19.0. The van der Waals surface area contributed by atoms with Gasteiger partial charge in [0.1, 0.15) is 12.1 Å². The van der Waals surface area contributed by atoms with Crippen LogP contribution in [-0.4, -0.2) is 64.7 Å². The van der Waals surface area contributed by atoms with Crippen molar-refractivity contribution in [2.75, 3.05) is 6.54 Å². The molecule has 0 aliphatic carbocycles. The van der Waals surface area contributed by atoms with Crippen molar-refractivity contribution in [3.05, 3.63) is 0 Å². The van der Waals surface area contributed by atoms with Crippen molar-refractivity contribution in [1.82, 2.24) is 16.0 Å². The SMILES string of the molecule is CC(N)C(=O)NCC(=O)NC(C(=O)NC(C(=O)O)C(C)C)C(C)O. The van der Waals surface area contributed by atoms with Gasteiger partial charge in [-0.15, -0.1) is 0 Å². The number of hydrogen-bond donors (Lipinski definition) is 6. The second-order valence-corrected chi connectivity index (χ2v) is 5.86. The molecule has 0 aliphatic rings. The Morgan fingerprint density at radius 1 is 0.958 bits per heavy atom. The summed E-state index contributed by atoms with van der Waals surface area (Å²) in [6.07, 6.45) is -1.26. The molecule has 0 heterocycles. The fraction of sp³-hybridized carbons (Fsp3) is 0.714. The van der Waals surface area contributed by atoms with Gasteiger partial charge >= 0.3 is 5.97 Å². The van der Waals surface area contributed by atoms with Gasteiger partial charge in [0.2, 0.25) is 17.7 Å². The van der Waals surface area contributed by atoms with E-state index in [0.717, 1.165) is 0 Å². The minimum Gasteiger partial charge on any atom is -0.480 e. The molecule has 0 spiro atoms. The molecule has 0 rings (SSSR count). The second kappa shape index (κ2) is 9.83. The topological polar surface area (TPSA) is 171 Å². The number of aliphatic hydroxyl groups excluding tert-OH is 1. The number of aliphatic carboxylic acids is 1. The van der Waals surface area contributed by atoms with Crippen LogP contribution in [0.5, 0.6) is 0 Å². The highest BCUT2D eigenvalue weighted by Crippen LogP contribution is 2.03. The lowest BCUT2D eigenvalue weighted by atomic mass is 10.0. The summed E-state index contributed by atoms with van der Waals surface area (Å²) >= 11 is 0. The molecule has 0 fully saturated rings. The van der Waals surface area contributed by atoms with E-state index in [9.17, 15) is 24.3 Å². The molecule has 0 bridgehead atoms. The van der Waals surface area contributed by atoms with Crippen LogP contribution in [0.25, 0.3) is 0 Å². The van der Waals surface area contributed by atoms with E-state index in [1.54, 1.807) is 13.8 Å². The highest BCUT2D eigenvalue weighted by Gasteiger charge is 2.31. The molecule has 24 heavy (non-hydrogen) atoms. The molecule has 138 valence electrons. The summed E-state index contributed by atoms with van der Waals surface area (Å²) in [6, 6.07) is -3.31. The van der Waals surface area contributed by atoms with Gasteiger partial charge in [0.15, 0.2) is 0 Å². The average molecular weight is 346 g/mol. The van der Waals surface area contributed by atoms with Crippen molar-refractivity contribution in [3.63, 3.8) is 0 Å². The highest BCUT2D eigenvalue weighted by molar-refractivity contribution is 5.92. The predicted octanol–water partition coefficient (Wildman–Crippen LogP) is -2.46. The van der Waals surface area contributed by atoms with Crippen LogP contribution in [0, 0.1) is 5.92 Å². The van der Waals surface area contributed by atoms with Gasteiger partial charge in [0.05, 0.1) is 18.7 Å². The summed E-state index contributed by atoms with van der Waals surface area (Å²) < 4.78 is 0. The van der Waals surface area contributed by atoms with Crippen LogP contribution < -0.4 is 21.7 Å². The molecule has 0 saturated heterocycles. The molecule has 0 aliphatic heterocycles. The number of aliphatic hydroxyl groups is 1. The maximum atomic E-state index is 12.1. The Morgan fingerprint density at radius 3 is 1.88 bits per heavy atom. The summed E-state index contributed by atoms with van der Waals surface area (Å²) in [7, 11) is 0. The van der Waals surface area contributed by atoms with E-state index in [2.05, 4.69) is 16.0 Å². The van der Waals surface area contributed by atoms with E-state index >= 15 is 0 Å². The lowest BCUT2D eigenvalue weighted by Crippen LogP contribution is -2.58. The molecule has 10 nitrogen and oxygen atoms in total. The molecule has 4 unspecified atom stereocenters. The molecular weight excluding hydrogens is 320 g/mol. The van der Waals surface area contributed by atoms with E-state index < -0.39 is 54.5 Å². The maximum Gasteiger partial charge on any atom is 0.326 e. The number of hydrogen-bond acceptors (Lipinski definition) is 6. The number of nitrogens with two attached hydrogens (primary N) is 1. The number of rotatable bonds is 9. The average Bonchev–Trinajstić information content (AvgIpc) is 2.46. The van der Waals surface area contributed by atoms with E-state index in [4.69, 9.17) is 10.8 Å². The van der Waals surface area contributed by atoms with Crippen molar-refractivity contribution in [1.29, 1.82) is 0 Å². The minimum absolute atomic E-state index is 0.387. The molecule has 0 aromatic heterocycles. The number of amides is 3. The fourth-order valence-corrected chi connectivity index (χ4v) is 1.71. The normalized spacial score (nSPS) is 15.8. The molecule has 0 saturated carbocycles. The number of carboxylic acid groups (broad SMARTS) is 1. The van der Waals surface area contributed by atoms with Crippen LogP contribution in [-0.2, 0) is 19.2 Å². The Bertz CT molecular complexity index is 478. The van der Waals surface area contributed by atoms with Crippen molar-refractivity contribution in [2.24, 2.45) is 11.7 Å². The molecule has 7 N–H and O–H groups in total.